The number of nitrogens with one attached hydrogen (secondary N) is 1. The van der Waals surface area contributed by atoms with Crippen LogP contribution in [0.25, 0.3) is 0 Å². The van der Waals surface area contributed by atoms with Crippen molar-refractivity contribution in [3.05, 3.63) is 0 Å². The van der Waals surface area contributed by atoms with E-state index in [-0.39, 0.29) is 11.2 Å². The van der Waals surface area contributed by atoms with E-state index >= 15 is 0 Å². The summed E-state index contributed by atoms with van der Waals surface area (Å²) in [6, 6.07) is 0.380. The number of hydrogen-bond acceptors (Lipinski definition) is 2. The zero-order valence-corrected chi connectivity index (χ0v) is 11.6. The van der Waals surface area contributed by atoms with Crippen LogP contribution in [0, 0.1) is 11.8 Å². The number of rotatable bonds is 3. The zero-order valence-electron chi connectivity index (χ0n) is 10.7. The highest BCUT2D eigenvalue weighted by Gasteiger charge is 2.22. The summed E-state index contributed by atoms with van der Waals surface area (Å²) in [5.74, 6) is 1.23. The second-order valence-electron chi connectivity index (χ2n) is 5.51. The molecule has 2 nitrogen and oxygen atoms in total. The van der Waals surface area contributed by atoms with Crippen molar-refractivity contribution in [2.75, 3.05) is 0 Å². The van der Waals surface area contributed by atoms with Gasteiger partial charge in [-0.2, -0.15) is 12.6 Å². The molecule has 3 atom stereocenters. The largest absolute Gasteiger partial charge is 0.352 e. The van der Waals surface area contributed by atoms with Gasteiger partial charge in [-0.25, -0.2) is 0 Å². The Kier molecular flexibility index (Phi) is 5.67. The Morgan fingerprint density at radius 3 is 2.56 bits per heavy atom. The molecule has 0 radical (unpaired) electrons. The van der Waals surface area contributed by atoms with Crippen molar-refractivity contribution >= 4 is 18.5 Å². The van der Waals surface area contributed by atoms with E-state index in [4.69, 9.17) is 0 Å². The molecular formula is C13H25NOS. The predicted molar refractivity (Wildman–Crippen MR) is 71.8 cm³/mol. The Hall–Kier alpha value is -0.180. The van der Waals surface area contributed by atoms with Crippen molar-refractivity contribution in [1.82, 2.24) is 5.32 Å². The van der Waals surface area contributed by atoms with Crippen LogP contribution in [0.1, 0.15) is 52.9 Å². The van der Waals surface area contributed by atoms with Crippen molar-refractivity contribution in [1.29, 1.82) is 0 Å². The van der Waals surface area contributed by atoms with E-state index in [0.29, 0.717) is 12.0 Å². The van der Waals surface area contributed by atoms with Crippen LogP contribution in [0.5, 0.6) is 0 Å². The third-order valence-electron chi connectivity index (χ3n) is 3.50. The molecule has 94 valence electrons. The first kappa shape index (κ1) is 13.9. The Morgan fingerprint density at radius 1 is 1.25 bits per heavy atom. The fourth-order valence-corrected chi connectivity index (χ4v) is 2.30. The molecule has 1 fully saturated rings. The van der Waals surface area contributed by atoms with Crippen molar-refractivity contribution in [3.8, 4) is 0 Å². The van der Waals surface area contributed by atoms with Crippen LogP contribution in [0.15, 0.2) is 0 Å². The van der Waals surface area contributed by atoms with Crippen LogP contribution >= 0.6 is 12.6 Å². The molecule has 1 aliphatic carbocycles. The summed E-state index contributed by atoms with van der Waals surface area (Å²) in [5.41, 5.74) is 0. The lowest BCUT2D eigenvalue weighted by molar-refractivity contribution is -0.122. The summed E-state index contributed by atoms with van der Waals surface area (Å²) in [6.07, 6.45) is 6.05. The van der Waals surface area contributed by atoms with Gasteiger partial charge in [0, 0.05) is 6.04 Å². The maximum Gasteiger partial charge on any atom is 0.233 e. The first-order chi connectivity index (χ1) is 7.50. The summed E-state index contributed by atoms with van der Waals surface area (Å²) in [4.78, 5) is 11.9. The quantitative estimate of drug-likeness (QED) is 0.579. The highest BCUT2D eigenvalue weighted by Crippen LogP contribution is 2.23. The molecule has 1 rings (SSSR count). The maximum absolute atomic E-state index is 11.9. The Labute approximate surface area is 105 Å². The van der Waals surface area contributed by atoms with E-state index in [1.807, 2.05) is 13.8 Å². The van der Waals surface area contributed by atoms with Crippen molar-refractivity contribution < 1.29 is 4.79 Å². The van der Waals surface area contributed by atoms with Gasteiger partial charge in [0.25, 0.3) is 0 Å². The molecule has 0 spiro atoms. The van der Waals surface area contributed by atoms with E-state index in [0.717, 1.165) is 18.8 Å². The highest BCUT2D eigenvalue weighted by atomic mass is 32.1. The second-order valence-corrected chi connectivity index (χ2v) is 6.06. The van der Waals surface area contributed by atoms with Gasteiger partial charge in [0.1, 0.15) is 0 Å². The van der Waals surface area contributed by atoms with Gasteiger partial charge >= 0.3 is 0 Å². The van der Waals surface area contributed by atoms with E-state index in [2.05, 4.69) is 24.9 Å². The molecule has 3 unspecified atom stereocenters. The molecule has 3 heteroatoms. The molecule has 16 heavy (non-hydrogen) atoms. The van der Waals surface area contributed by atoms with Crippen LogP contribution in [0.2, 0.25) is 0 Å². The maximum atomic E-state index is 11.9. The lowest BCUT2D eigenvalue weighted by atomic mass is 10.0. The SMILES string of the molecule is CC1CCCC(NC(=O)C(S)C(C)C)CC1. The number of thiol groups is 1. The lowest BCUT2D eigenvalue weighted by Crippen LogP contribution is -2.41. The summed E-state index contributed by atoms with van der Waals surface area (Å²) in [5, 5.41) is 2.98. The molecule has 0 aromatic rings. The summed E-state index contributed by atoms with van der Waals surface area (Å²) < 4.78 is 0. The predicted octanol–water partition coefficient (Wildman–Crippen LogP) is 3.03. The topological polar surface area (TPSA) is 29.1 Å². The lowest BCUT2D eigenvalue weighted by Gasteiger charge is -2.20. The second kappa shape index (κ2) is 6.53. The minimum Gasteiger partial charge on any atom is -0.352 e. The smallest absolute Gasteiger partial charge is 0.233 e. The average Bonchev–Trinajstić information content (AvgIpc) is 2.42. The Morgan fingerprint density at radius 2 is 1.94 bits per heavy atom. The van der Waals surface area contributed by atoms with Crippen molar-refractivity contribution in [2.24, 2.45) is 11.8 Å². The first-order valence-corrected chi connectivity index (χ1v) is 7.00. The van der Waals surface area contributed by atoms with E-state index < -0.39 is 0 Å². The minimum absolute atomic E-state index is 0.109. The number of carbonyl (C=O) groups is 1. The highest BCUT2D eigenvalue weighted by molar-refractivity contribution is 7.81. The molecule has 0 aromatic heterocycles. The van der Waals surface area contributed by atoms with Gasteiger partial charge in [-0.05, 0) is 31.1 Å². The van der Waals surface area contributed by atoms with E-state index in [9.17, 15) is 4.79 Å². The van der Waals surface area contributed by atoms with Crippen molar-refractivity contribution in [2.45, 2.75) is 64.2 Å². The molecule has 0 aliphatic heterocycles. The van der Waals surface area contributed by atoms with Crippen LogP contribution in [-0.2, 0) is 4.79 Å². The molecule has 1 N–H and O–H groups in total. The van der Waals surface area contributed by atoms with Crippen LogP contribution in [-0.4, -0.2) is 17.2 Å². The molecule has 0 saturated heterocycles. The van der Waals surface area contributed by atoms with Crippen LogP contribution in [0.4, 0.5) is 0 Å². The fourth-order valence-electron chi connectivity index (χ4n) is 2.22. The molecule has 1 saturated carbocycles. The van der Waals surface area contributed by atoms with Gasteiger partial charge in [-0.3, -0.25) is 4.79 Å². The molecule has 0 heterocycles. The minimum atomic E-state index is -0.166. The number of hydrogen-bond donors (Lipinski definition) is 2. The first-order valence-electron chi connectivity index (χ1n) is 6.49. The Balaban J connectivity index is 2.38. The molecule has 1 amide bonds. The number of carbonyl (C=O) groups excluding carboxylic acids is 1. The third-order valence-corrected chi connectivity index (χ3v) is 4.33. The van der Waals surface area contributed by atoms with Crippen molar-refractivity contribution in [3.63, 3.8) is 0 Å². The summed E-state index contributed by atoms with van der Waals surface area (Å²) >= 11 is 4.35. The van der Waals surface area contributed by atoms with Gasteiger partial charge in [0.2, 0.25) is 5.91 Å². The van der Waals surface area contributed by atoms with Crippen LogP contribution in [0.3, 0.4) is 0 Å². The van der Waals surface area contributed by atoms with E-state index in [1.165, 1.54) is 19.3 Å². The third kappa shape index (κ3) is 4.36. The Bertz CT molecular complexity index is 230. The summed E-state index contributed by atoms with van der Waals surface area (Å²) in [7, 11) is 0. The van der Waals surface area contributed by atoms with Gasteiger partial charge in [0.15, 0.2) is 0 Å². The van der Waals surface area contributed by atoms with E-state index in [1.54, 1.807) is 0 Å². The molecule has 0 aromatic carbocycles. The number of amides is 1. The normalized spacial score (nSPS) is 28.6. The standard InChI is InChI=1S/C13H25NOS/c1-9(2)12(16)13(15)14-11-6-4-5-10(3)7-8-11/h9-12,16H,4-8H2,1-3H3,(H,14,15). The van der Waals surface area contributed by atoms with Crippen LogP contribution < -0.4 is 5.32 Å². The zero-order chi connectivity index (χ0) is 12.1. The fraction of sp³-hybridized carbons (Fsp3) is 0.923. The average molecular weight is 243 g/mol. The monoisotopic (exact) mass is 243 g/mol. The molecule has 0 bridgehead atoms. The van der Waals surface area contributed by atoms with Gasteiger partial charge in [-0.1, -0.05) is 33.6 Å². The molecular weight excluding hydrogens is 218 g/mol. The van der Waals surface area contributed by atoms with Gasteiger partial charge < -0.3 is 5.32 Å². The van der Waals surface area contributed by atoms with Gasteiger partial charge in [0.05, 0.1) is 5.25 Å². The molecule has 1 aliphatic rings. The van der Waals surface area contributed by atoms with Gasteiger partial charge in [-0.15, -0.1) is 0 Å². The summed E-state index contributed by atoms with van der Waals surface area (Å²) in [6.45, 7) is 6.37.